The highest BCUT2D eigenvalue weighted by Crippen LogP contribution is 2.31. The van der Waals surface area contributed by atoms with Crippen LogP contribution in [0, 0.1) is 5.92 Å². The molecule has 4 heteroatoms. The fourth-order valence-electron chi connectivity index (χ4n) is 2.47. The number of carbonyl (C=O) groups is 1. The molecule has 0 spiro atoms. The predicted octanol–water partition coefficient (Wildman–Crippen LogP) is 0.975. The summed E-state index contributed by atoms with van der Waals surface area (Å²) < 4.78 is 0. The van der Waals surface area contributed by atoms with Crippen LogP contribution in [0.15, 0.2) is 0 Å². The van der Waals surface area contributed by atoms with Gasteiger partial charge in [-0.1, -0.05) is 0 Å². The van der Waals surface area contributed by atoms with E-state index in [4.69, 9.17) is 0 Å². The summed E-state index contributed by atoms with van der Waals surface area (Å²) in [5.74, 6) is 0.777. The number of hydrogen-bond acceptors (Lipinski definition) is 3. The van der Waals surface area contributed by atoms with Gasteiger partial charge in [-0.3, -0.25) is 4.79 Å². The minimum Gasteiger partial charge on any atom is -0.355 e. The van der Waals surface area contributed by atoms with E-state index in [1.165, 1.54) is 32.4 Å². The molecule has 104 valence electrons. The highest BCUT2D eigenvalue weighted by atomic mass is 16.1. The zero-order valence-corrected chi connectivity index (χ0v) is 12.0. The molecule has 2 fully saturated rings. The van der Waals surface area contributed by atoms with E-state index < -0.39 is 0 Å². The van der Waals surface area contributed by atoms with E-state index in [1.807, 2.05) is 0 Å². The molecular formula is C14H27N3O. The molecule has 1 saturated heterocycles. The Hall–Kier alpha value is -0.610. The first-order valence-electron chi connectivity index (χ1n) is 7.20. The third kappa shape index (κ3) is 4.58. The number of carbonyl (C=O) groups excluding carboxylic acids is 1. The standard InChI is InChI=1S/C14H27N3O/c1-14(2,3)16-9-13(18)15-8-11-6-7-17(10-11)12-4-5-12/h11-12,16H,4-10H2,1-3H3,(H,15,18). The smallest absolute Gasteiger partial charge is 0.233 e. The highest BCUT2D eigenvalue weighted by molar-refractivity contribution is 5.78. The van der Waals surface area contributed by atoms with Gasteiger partial charge in [0.25, 0.3) is 0 Å². The van der Waals surface area contributed by atoms with Crippen molar-refractivity contribution < 1.29 is 4.79 Å². The van der Waals surface area contributed by atoms with Crippen LogP contribution in [0.5, 0.6) is 0 Å². The second kappa shape index (κ2) is 5.57. The van der Waals surface area contributed by atoms with E-state index in [1.54, 1.807) is 0 Å². The molecule has 1 aliphatic carbocycles. The maximum Gasteiger partial charge on any atom is 0.233 e. The predicted molar refractivity (Wildman–Crippen MR) is 73.5 cm³/mol. The summed E-state index contributed by atoms with van der Waals surface area (Å²) in [4.78, 5) is 14.3. The lowest BCUT2D eigenvalue weighted by atomic mass is 10.1. The lowest BCUT2D eigenvalue weighted by molar-refractivity contribution is -0.120. The fourth-order valence-corrected chi connectivity index (χ4v) is 2.47. The molecule has 2 rings (SSSR count). The molecule has 1 amide bonds. The van der Waals surface area contributed by atoms with Crippen molar-refractivity contribution in [1.29, 1.82) is 0 Å². The van der Waals surface area contributed by atoms with E-state index in [-0.39, 0.29) is 11.4 Å². The second-order valence-corrected chi connectivity index (χ2v) is 6.79. The highest BCUT2D eigenvalue weighted by Gasteiger charge is 2.34. The summed E-state index contributed by atoms with van der Waals surface area (Å²) in [7, 11) is 0. The van der Waals surface area contributed by atoms with Gasteiger partial charge in [0.05, 0.1) is 6.54 Å². The van der Waals surface area contributed by atoms with Crippen molar-refractivity contribution in [2.75, 3.05) is 26.2 Å². The molecule has 1 atom stereocenters. The Morgan fingerprint density at radius 2 is 2.00 bits per heavy atom. The Labute approximate surface area is 110 Å². The fraction of sp³-hybridized carbons (Fsp3) is 0.929. The quantitative estimate of drug-likeness (QED) is 0.767. The number of rotatable bonds is 5. The van der Waals surface area contributed by atoms with Crippen molar-refractivity contribution in [3.8, 4) is 0 Å². The van der Waals surface area contributed by atoms with Crippen molar-refractivity contribution in [3.63, 3.8) is 0 Å². The second-order valence-electron chi connectivity index (χ2n) is 6.79. The minimum absolute atomic E-state index is 0.00741. The van der Waals surface area contributed by atoms with Crippen LogP contribution in [0.4, 0.5) is 0 Å². The molecule has 0 aromatic carbocycles. The molecule has 0 radical (unpaired) electrons. The number of nitrogens with zero attached hydrogens (tertiary/aromatic N) is 1. The van der Waals surface area contributed by atoms with Gasteiger partial charge in [-0.15, -0.1) is 0 Å². The van der Waals surface area contributed by atoms with Gasteiger partial charge in [0, 0.05) is 24.7 Å². The van der Waals surface area contributed by atoms with Gasteiger partial charge in [-0.05, 0) is 52.5 Å². The average molecular weight is 253 g/mol. The van der Waals surface area contributed by atoms with Crippen molar-refractivity contribution >= 4 is 5.91 Å². The van der Waals surface area contributed by atoms with Gasteiger partial charge in [0.2, 0.25) is 5.91 Å². The van der Waals surface area contributed by atoms with Crippen molar-refractivity contribution in [3.05, 3.63) is 0 Å². The van der Waals surface area contributed by atoms with E-state index in [0.717, 1.165) is 12.6 Å². The monoisotopic (exact) mass is 253 g/mol. The van der Waals surface area contributed by atoms with Gasteiger partial charge in [-0.25, -0.2) is 0 Å². The maximum atomic E-state index is 11.7. The van der Waals surface area contributed by atoms with E-state index in [2.05, 4.69) is 36.3 Å². The van der Waals surface area contributed by atoms with Crippen molar-refractivity contribution in [2.45, 2.75) is 51.6 Å². The summed E-state index contributed by atoms with van der Waals surface area (Å²) >= 11 is 0. The maximum absolute atomic E-state index is 11.7. The van der Waals surface area contributed by atoms with Gasteiger partial charge in [0.1, 0.15) is 0 Å². The van der Waals surface area contributed by atoms with Crippen molar-refractivity contribution in [1.82, 2.24) is 15.5 Å². The number of nitrogens with one attached hydrogen (secondary N) is 2. The van der Waals surface area contributed by atoms with E-state index >= 15 is 0 Å². The van der Waals surface area contributed by atoms with Crippen LogP contribution >= 0.6 is 0 Å². The molecule has 1 saturated carbocycles. The topological polar surface area (TPSA) is 44.4 Å². The molecule has 2 aliphatic rings. The van der Waals surface area contributed by atoms with Crippen LogP contribution in [-0.2, 0) is 4.79 Å². The summed E-state index contributed by atoms with van der Waals surface area (Å²) in [6.45, 7) is 9.89. The third-order valence-corrected chi connectivity index (χ3v) is 3.75. The molecule has 0 aromatic rings. The Bertz CT molecular complexity index is 294. The molecule has 4 nitrogen and oxygen atoms in total. The lowest BCUT2D eigenvalue weighted by Gasteiger charge is -2.20. The third-order valence-electron chi connectivity index (χ3n) is 3.75. The normalized spacial score (nSPS) is 25.4. The molecule has 1 unspecified atom stereocenters. The van der Waals surface area contributed by atoms with Crippen LogP contribution < -0.4 is 10.6 Å². The first kappa shape index (κ1) is 13.8. The number of likely N-dealkylation sites (tertiary alicyclic amines) is 1. The van der Waals surface area contributed by atoms with Crippen LogP contribution in [-0.4, -0.2) is 48.6 Å². The van der Waals surface area contributed by atoms with Gasteiger partial charge in [-0.2, -0.15) is 0 Å². The molecule has 18 heavy (non-hydrogen) atoms. The molecular weight excluding hydrogens is 226 g/mol. The zero-order chi connectivity index (χ0) is 13.2. The Morgan fingerprint density at radius 1 is 1.28 bits per heavy atom. The number of hydrogen-bond donors (Lipinski definition) is 2. The summed E-state index contributed by atoms with van der Waals surface area (Å²) in [6, 6.07) is 0.869. The first-order chi connectivity index (χ1) is 8.44. The van der Waals surface area contributed by atoms with Gasteiger partial charge in [0.15, 0.2) is 0 Å². The molecule has 0 bridgehead atoms. The van der Waals surface area contributed by atoms with Gasteiger partial charge >= 0.3 is 0 Å². The molecule has 1 heterocycles. The molecule has 0 aromatic heterocycles. The van der Waals surface area contributed by atoms with Crippen molar-refractivity contribution in [2.24, 2.45) is 5.92 Å². The van der Waals surface area contributed by atoms with Crippen LogP contribution in [0.25, 0.3) is 0 Å². The molecule has 1 aliphatic heterocycles. The summed E-state index contributed by atoms with van der Waals surface area (Å²) in [5, 5.41) is 6.26. The summed E-state index contributed by atoms with van der Waals surface area (Å²) in [5.41, 5.74) is 0.00741. The van der Waals surface area contributed by atoms with Crippen LogP contribution in [0.1, 0.15) is 40.0 Å². The Morgan fingerprint density at radius 3 is 2.61 bits per heavy atom. The first-order valence-corrected chi connectivity index (χ1v) is 7.20. The lowest BCUT2D eigenvalue weighted by Crippen LogP contribution is -2.44. The van der Waals surface area contributed by atoms with Crippen LogP contribution in [0.2, 0.25) is 0 Å². The average Bonchev–Trinajstić information content (AvgIpc) is 3.03. The minimum atomic E-state index is 0.00741. The van der Waals surface area contributed by atoms with E-state index in [0.29, 0.717) is 12.5 Å². The van der Waals surface area contributed by atoms with Crippen LogP contribution in [0.3, 0.4) is 0 Å². The summed E-state index contributed by atoms with van der Waals surface area (Å²) in [6.07, 6.45) is 4.01. The molecule has 2 N–H and O–H groups in total. The van der Waals surface area contributed by atoms with Gasteiger partial charge < -0.3 is 15.5 Å². The van der Waals surface area contributed by atoms with E-state index in [9.17, 15) is 4.79 Å². The zero-order valence-electron chi connectivity index (χ0n) is 12.0. The number of amides is 1. The Kier molecular flexibility index (Phi) is 4.28. The largest absolute Gasteiger partial charge is 0.355 e. The Balaban J connectivity index is 1.58. The SMILES string of the molecule is CC(C)(C)NCC(=O)NCC1CCN(C2CC2)C1.